The summed E-state index contributed by atoms with van der Waals surface area (Å²) < 4.78 is 5.69. The van der Waals surface area contributed by atoms with Gasteiger partial charge in [-0.15, -0.1) is 0 Å². The molecule has 0 N–H and O–H groups in total. The Hall–Kier alpha value is -2.13. The van der Waals surface area contributed by atoms with Crippen LogP contribution in [-0.4, -0.2) is 10.8 Å². The molecule has 120 valence electrons. The summed E-state index contributed by atoms with van der Waals surface area (Å²) in [5.41, 5.74) is 2.04. The molecule has 2 rings (SSSR count). The number of hydrogen-bond acceptors (Lipinski definition) is 3. The lowest BCUT2D eigenvalue weighted by molar-refractivity contribution is -0.117. The Kier molecular flexibility index (Phi) is 5.94. The SMILES string of the molecule is CC(=O)C[C@@H](C)/C=C/c1ccc(Oc2ccc(C)cc2Cl)nc1. The highest BCUT2D eigenvalue weighted by Crippen LogP contribution is 2.29. The van der Waals surface area contributed by atoms with E-state index in [1.54, 1.807) is 19.2 Å². The third-order valence-corrected chi connectivity index (χ3v) is 3.58. The molecular weight excluding hydrogens is 310 g/mol. The second-order valence-electron chi connectivity index (χ2n) is 5.71. The molecule has 0 aliphatic carbocycles. The first kappa shape index (κ1) is 17.2. The number of aromatic nitrogens is 1. The van der Waals surface area contributed by atoms with Gasteiger partial charge in [0.1, 0.15) is 11.5 Å². The molecular formula is C19H20ClNO2. The molecule has 0 saturated heterocycles. The number of benzene rings is 1. The van der Waals surface area contributed by atoms with Crippen LogP contribution in [0.1, 0.15) is 31.4 Å². The minimum Gasteiger partial charge on any atom is -0.437 e. The monoisotopic (exact) mass is 329 g/mol. The molecule has 0 spiro atoms. The van der Waals surface area contributed by atoms with Gasteiger partial charge in [-0.1, -0.05) is 36.7 Å². The van der Waals surface area contributed by atoms with E-state index < -0.39 is 0 Å². The van der Waals surface area contributed by atoms with E-state index in [0.29, 0.717) is 23.1 Å². The number of ketones is 1. The van der Waals surface area contributed by atoms with E-state index in [1.807, 2.05) is 50.3 Å². The number of ether oxygens (including phenoxy) is 1. The smallest absolute Gasteiger partial charge is 0.219 e. The van der Waals surface area contributed by atoms with Gasteiger partial charge in [-0.05, 0) is 49.1 Å². The number of rotatable bonds is 6. The summed E-state index contributed by atoms with van der Waals surface area (Å²) in [6.45, 7) is 5.60. The van der Waals surface area contributed by atoms with Crippen LogP contribution >= 0.6 is 11.6 Å². The van der Waals surface area contributed by atoms with E-state index in [-0.39, 0.29) is 11.7 Å². The molecule has 0 amide bonds. The van der Waals surface area contributed by atoms with Crippen molar-refractivity contribution in [2.75, 3.05) is 0 Å². The van der Waals surface area contributed by atoms with Crippen molar-refractivity contribution in [3.8, 4) is 11.6 Å². The molecule has 0 bridgehead atoms. The van der Waals surface area contributed by atoms with Crippen LogP contribution in [0.15, 0.2) is 42.6 Å². The van der Waals surface area contributed by atoms with Gasteiger partial charge in [-0.3, -0.25) is 0 Å². The van der Waals surface area contributed by atoms with Crippen molar-refractivity contribution in [1.29, 1.82) is 0 Å². The summed E-state index contributed by atoms with van der Waals surface area (Å²) in [4.78, 5) is 15.3. The zero-order valence-corrected chi connectivity index (χ0v) is 14.3. The lowest BCUT2D eigenvalue weighted by Gasteiger charge is -2.07. The maximum absolute atomic E-state index is 11.1. The molecule has 23 heavy (non-hydrogen) atoms. The third kappa shape index (κ3) is 5.53. The van der Waals surface area contributed by atoms with Gasteiger partial charge in [0.2, 0.25) is 5.88 Å². The molecule has 0 saturated carbocycles. The van der Waals surface area contributed by atoms with Crippen molar-refractivity contribution in [2.45, 2.75) is 27.2 Å². The number of carbonyl (C=O) groups is 1. The van der Waals surface area contributed by atoms with Gasteiger partial charge in [0.05, 0.1) is 5.02 Å². The number of hydrogen-bond donors (Lipinski definition) is 0. The van der Waals surface area contributed by atoms with E-state index in [4.69, 9.17) is 16.3 Å². The molecule has 3 nitrogen and oxygen atoms in total. The van der Waals surface area contributed by atoms with Gasteiger partial charge < -0.3 is 9.53 Å². The molecule has 0 radical (unpaired) electrons. The van der Waals surface area contributed by atoms with Gasteiger partial charge in [0.15, 0.2) is 0 Å². The first-order chi connectivity index (χ1) is 10.9. The molecule has 0 aliphatic rings. The lowest BCUT2D eigenvalue weighted by atomic mass is 10.0. The summed E-state index contributed by atoms with van der Waals surface area (Å²) in [5.74, 6) is 1.49. The minimum atomic E-state index is 0.194. The summed E-state index contributed by atoms with van der Waals surface area (Å²) in [6, 6.07) is 9.34. The minimum absolute atomic E-state index is 0.194. The Morgan fingerprint density at radius 2 is 2.13 bits per heavy atom. The highest BCUT2D eigenvalue weighted by atomic mass is 35.5. The highest BCUT2D eigenvalue weighted by Gasteiger charge is 2.04. The van der Waals surface area contributed by atoms with E-state index in [9.17, 15) is 4.79 Å². The Labute approximate surface area is 142 Å². The summed E-state index contributed by atoms with van der Waals surface area (Å²) in [5, 5.41) is 0.564. The number of halogens is 1. The Balaban J connectivity index is 2.02. The maximum Gasteiger partial charge on any atom is 0.219 e. The number of carbonyl (C=O) groups excluding carboxylic acids is 1. The predicted octanol–water partition coefficient (Wildman–Crippen LogP) is 5.46. The summed E-state index contributed by atoms with van der Waals surface area (Å²) >= 11 is 6.15. The number of nitrogens with zero attached hydrogens (tertiary/aromatic N) is 1. The molecule has 2 aromatic rings. The molecule has 0 aliphatic heterocycles. The number of Topliss-reactive ketones (excluding diaryl/α,β-unsaturated/α-hetero) is 1. The van der Waals surface area contributed by atoms with Crippen LogP contribution < -0.4 is 4.74 Å². The van der Waals surface area contributed by atoms with Gasteiger partial charge in [-0.2, -0.15) is 0 Å². The molecule has 1 aromatic carbocycles. The highest BCUT2D eigenvalue weighted by molar-refractivity contribution is 6.32. The van der Waals surface area contributed by atoms with Crippen LogP contribution in [0.3, 0.4) is 0 Å². The molecule has 4 heteroatoms. The topological polar surface area (TPSA) is 39.2 Å². The number of aryl methyl sites for hydroxylation is 1. The van der Waals surface area contributed by atoms with Crippen molar-refractivity contribution in [3.63, 3.8) is 0 Å². The van der Waals surface area contributed by atoms with Crippen molar-refractivity contribution >= 4 is 23.5 Å². The van der Waals surface area contributed by atoms with E-state index in [1.165, 1.54) is 0 Å². The van der Waals surface area contributed by atoms with E-state index >= 15 is 0 Å². The van der Waals surface area contributed by atoms with E-state index in [2.05, 4.69) is 4.98 Å². The standard InChI is InChI=1S/C19H20ClNO2/c1-13(10-15(3)22)4-6-16-7-9-19(21-12-16)23-18-8-5-14(2)11-17(18)20/h4-9,11-13H,10H2,1-3H3/b6-4+/t13-/m0/s1. The first-order valence-corrected chi connectivity index (χ1v) is 7.89. The average Bonchev–Trinajstić information content (AvgIpc) is 2.49. The van der Waals surface area contributed by atoms with Crippen LogP contribution in [-0.2, 0) is 4.79 Å². The Morgan fingerprint density at radius 1 is 1.35 bits per heavy atom. The first-order valence-electron chi connectivity index (χ1n) is 7.52. The molecule has 0 unspecified atom stereocenters. The van der Waals surface area contributed by atoms with Gasteiger partial charge in [-0.25, -0.2) is 4.98 Å². The van der Waals surface area contributed by atoms with Crippen molar-refractivity contribution in [1.82, 2.24) is 4.98 Å². The molecule has 0 fully saturated rings. The van der Waals surface area contributed by atoms with Crippen LogP contribution in [0.4, 0.5) is 0 Å². The van der Waals surface area contributed by atoms with Crippen molar-refractivity contribution in [3.05, 3.63) is 58.8 Å². The Morgan fingerprint density at radius 3 is 2.74 bits per heavy atom. The van der Waals surface area contributed by atoms with E-state index in [0.717, 1.165) is 11.1 Å². The summed E-state index contributed by atoms with van der Waals surface area (Å²) in [7, 11) is 0. The Bertz CT molecular complexity index is 708. The fourth-order valence-electron chi connectivity index (χ4n) is 2.15. The van der Waals surface area contributed by atoms with Crippen LogP contribution in [0.2, 0.25) is 5.02 Å². The number of allylic oxidation sites excluding steroid dienone is 1. The maximum atomic E-state index is 11.1. The second kappa shape index (κ2) is 7.93. The largest absolute Gasteiger partial charge is 0.437 e. The zero-order valence-electron chi connectivity index (χ0n) is 13.5. The van der Waals surface area contributed by atoms with Crippen molar-refractivity contribution < 1.29 is 9.53 Å². The quantitative estimate of drug-likeness (QED) is 0.706. The van der Waals surface area contributed by atoms with Crippen LogP contribution in [0.5, 0.6) is 11.6 Å². The molecule has 1 aromatic heterocycles. The second-order valence-corrected chi connectivity index (χ2v) is 6.12. The zero-order chi connectivity index (χ0) is 16.8. The van der Waals surface area contributed by atoms with Crippen LogP contribution in [0, 0.1) is 12.8 Å². The van der Waals surface area contributed by atoms with Crippen LogP contribution in [0.25, 0.3) is 6.08 Å². The fraction of sp³-hybridized carbons (Fsp3) is 0.263. The van der Waals surface area contributed by atoms with Crippen molar-refractivity contribution in [2.24, 2.45) is 5.92 Å². The number of pyridine rings is 1. The lowest BCUT2D eigenvalue weighted by Crippen LogP contribution is -1.97. The predicted molar refractivity (Wildman–Crippen MR) is 94.0 cm³/mol. The van der Waals surface area contributed by atoms with Gasteiger partial charge in [0.25, 0.3) is 0 Å². The third-order valence-electron chi connectivity index (χ3n) is 3.29. The fourth-order valence-corrected chi connectivity index (χ4v) is 2.42. The molecule has 1 heterocycles. The summed E-state index contributed by atoms with van der Waals surface area (Å²) in [6.07, 6.45) is 6.25. The van der Waals surface area contributed by atoms with Gasteiger partial charge >= 0.3 is 0 Å². The average molecular weight is 330 g/mol. The normalized spacial score (nSPS) is 12.3. The molecule has 1 atom stereocenters. The van der Waals surface area contributed by atoms with Gasteiger partial charge in [0, 0.05) is 18.7 Å².